The van der Waals surface area contributed by atoms with Gasteiger partial charge in [-0.1, -0.05) is 42.5 Å². The third-order valence-corrected chi connectivity index (χ3v) is 4.64. The van der Waals surface area contributed by atoms with Crippen LogP contribution in [-0.2, 0) is 6.54 Å². The van der Waals surface area contributed by atoms with Gasteiger partial charge in [-0.2, -0.15) is 5.10 Å². The molecule has 0 spiro atoms. The van der Waals surface area contributed by atoms with Gasteiger partial charge in [0.15, 0.2) is 0 Å². The molecule has 5 heteroatoms. The number of carbonyl (C=O) groups is 1. The number of nitrogens with two attached hydrogens (primary N) is 1. The van der Waals surface area contributed by atoms with Gasteiger partial charge >= 0.3 is 0 Å². The van der Waals surface area contributed by atoms with Crippen LogP contribution in [0.3, 0.4) is 0 Å². The van der Waals surface area contributed by atoms with E-state index in [-0.39, 0.29) is 5.91 Å². The van der Waals surface area contributed by atoms with E-state index >= 15 is 0 Å². The van der Waals surface area contributed by atoms with Crippen LogP contribution in [0.25, 0.3) is 11.3 Å². The molecule has 0 saturated carbocycles. The summed E-state index contributed by atoms with van der Waals surface area (Å²) in [6.45, 7) is 5.88. The lowest BCUT2D eigenvalue weighted by molar-refractivity contribution is 0.0954. The third kappa shape index (κ3) is 4.63. The number of rotatable bonds is 7. The van der Waals surface area contributed by atoms with Crippen LogP contribution in [0.15, 0.2) is 54.7 Å². The van der Waals surface area contributed by atoms with Crippen LogP contribution in [0, 0.1) is 13.8 Å². The number of aromatic nitrogens is 2. The fourth-order valence-corrected chi connectivity index (χ4v) is 2.94. The average Bonchev–Trinajstić information content (AvgIpc) is 3.09. The molecule has 140 valence electrons. The average molecular weight is 362 g/mol. The lowest BCUT2D eigenvalue weighted by Crippen LogP contribution is -2.26. The fourth-order valence-electron chi connectivity index (χ4n) is 2.94. The molecular weight excluding hydrogens is 336 g/mol. The molecule has 0 aliphatic carbocycles. The Morgan fingerprint density at radius 1 is 1.11 bits per heavy atom. The largest absolute Gasteiger partial charge is 0.352 e. The molecule has 1 heterocycles. The van der Waals surface area contributed by atoms with Crippen molar-refractivity contribution < 1.29 is 4.79 Å². The van der Waals surface area contributed by atoms with Gasteiger partial charge in [-0.15, -0.1) is 0 Å². The SMILES string of the molecule is Cc1ccc(-c2nn(Cc3ccccc3)cc2C(=O)NCCCN)cc1C. The molecule has 3 N–H and O–H groups in total. The number of nitrogens with one attached hydrogen (secondary N) is 1. The Morgan fingerprint density at radius 2 is 1.89 bits per heavy atom. The first-order valence-corrected chi connectivity index (χ1v) is 9.25. The number of hydrogen-bond donors (Lipinski definition) is 2. The second-order valence-corrected chi connectivity index (χ2v) is 6.77. The Labute approximate surface area is 160 Å². The fraction of sp³-hybridized carbons (Fsp3) is 0.273. The van der Waals surface area contributed by atoms with Crippen LogP contribution in [0.1, 0.15) is 33.5 Å². The zero-order valence-corrected chi connectivity index (χ0v) is 15.9. The van der Waals surface area contributed by atoms with Crippen LogP contribution < -0.4 is 11.1 Å². The molecule has 0 saturated heterocycles. The summed E-state index contributed by atoms with van der Waals surface area (Å²) in [4.78, 5) is 12.7. The van der Waals surface area contributed by atoms with Gasteiger partial charge in [-0.25, -0.2) is 0 Å². The third-order valence-electron chi connectivity index (χ3n) is 4.64. The molecule has 0 atom stereocenters. The summed E-state index contributed by atoms with van der Waals surface area (Å²) in [6.07, 6.45) is 2.58. The molecule has 27 heavy (non-hydrogen) atoms. The van der Waals surface area contributed by atoms with Crippen LogP contribution >= 0.6 is 0 Å². The minimum Gasteiger partial charge on any atom is -0.352 e. The summed E-state index contributed by atoms with van der Waals surface area (Å²) in [6, 6.07) is 16.3. The van der Waals surface area contributed by atoms with Crippen molar-refractivity contribution in [1.29, 1.82) is 0 Å². The smallest absolute Gasteiger partial charge is 0.255 e. The molecular formula is C22H26N4O. The van der Waals surface area contributed by atoms with Crippen molar-refractivity contribution in [3.63, 3.8) is 0 Å². The van der Waals surface area contributed by atoms with Gasteiger partial charge < -0.3 is 11.1 Å². The number of benzene rings is 2. The Kier molecular flexibility index (Phi) is 6.04. The van der Waals surface area contributed by atoms with Crippen LogP contribution in [0.4, 0.5) is 0 Å². The molecule has 0 radical (unpaired) electrons. The summed E-state index contributed by atoms with van der Waals surface area (Å²) < 4.78 is 1.83. The van der Waals surface area contributed by atoms with E-state index in [0.717, 1.165) is 17.5 Å². The molecule has 0 aliphatic rings. The van der Waals surface area contributed by atoms with Crippen molar-refractivity contribution in [3.05, 3.63) is 77.0 Å². The maximum Gasteiger partial charge on any atom is 0.255 e. The molecule has 2 aromatic carbocycles. The first kappa shape index (κ1) is 18.9. The van der Waals surface area contributed by atoms with Crippen molar-refractivity contribution >= 4 is 5.91 Å². The van der Waals surface area contributed by atoms with Gasteiger partial charge in [0.2, 0.25) is 0 Å². The maximum absolute atomic E-state index is 12.7. The van der Waals surface area contributed by atoms with Gasteiger partial charge in [0.1, 0.15) is 5.69 Å². The highest BCUT2D eigenvalue weighted by Crippen LogP contribution is 2.25. The zero-order chi connectivity index (χ0) is 19.2. The van der Waals surface area contributed by atoms with E-state index in [1.807, 2.05) is 35.1 Å². The van der Waals surface area contributed by atoms with E-state index in [0.29, 0.717) is 30.9 Å². The van der Waals surface area contributed by atoms with Crippen molar-refractivity contribution in [3.8, 4) is 11.3 Å². The Bertz CT molecular complexity index is 915. The predicted molar refractivity (Wildman–Crippen MR) is 109 cm³/mol. The molecule has 0 aliphatic heterocycles. The van der Waals surface area contributed by atoms with Crippen LogP contribution in [-0.4, -0.2) is 28.8 Å². The predicted octanol–water partition coefficient (Wildman–Crippen LogP) is 3.29. The molecule has 1 aromatic heterocycles. The topological polar surface area (TPSA) is 72.9 Å². The summed E-state index contributed by atoms with van der Waals surface area (Å²) in [5, 5.41) is 7.67. The molecule has 0 fully saturated rings. The molecule has 1 amide bonds. The number of hydrogen-bond acceptors (Lipinski definition) is 3. The minimum absolute atomic E-state index is 0.115. The van der Waals surface area contributed by atoms with Crippen LogP contribution in [0.5, 0.6) is 0 Å². The van der Waals surface area contributed by atoms with E-state index in [9.17, 15) is 4.79 Å². The number of nitrogens with zero attached hydrogens (tertiary/aromatic N) is 2. The number of amides is 1. The standard InChI is InChI=1S/C22H26N4O/c1-16-9-10-19(13-17(16)2)21-20(22(27)24-12-6-11-23)15-26(25-21)14-18-7-4-3-5-8-18/h3-5,7-10,13,15H,6,11-12,14,23H2,1-2H3,(H,24,27). The van der Waals surface area contributed by atoms with Crippen molar-refractivity contribution in [1.82, 2.24) is 15.1 Å². The summed E-state index contributed by atoms with van der Waals surface area (Å²) in [5.74, 6) is -0.115. The molecule has 3 aromatic rings. The summed E-state index contributed by atoms with van der Waals surface area (Å²) in [5.41, 5.74) is 11.3. The summed E-state index contributed by atoms with van der Waals surface area (Å²) >= 11 is 0. The Morgan fingerprint density at radius 3 is 2.59 bits per heavy atom. The first-order valence-electron chi connectivity index (χ1n) is 9.25. The first-order chi connectivity index (χ1) is 13.1. The molecule has 0 bridgehead atoms. The van der Waals surface area contributed by atoms with Crippen molar-refractivity contribution in [2.75, 3.05) is 13.1 Å². The monoisotopic (exact) mass is 362 g/mol. The maximum atomic E-state index is 12.7. The van der Waals surface area contributed by atoms with Gasteiger partial charge in [0.25, 0.3) is 5.91 Å². The highest BCUT2D eigenvalue weighted by molar-refractivity contribution is 5.99. The van der Waals surface area contributed by atoms with E-state index in [2.05, 4.69) is 43.4 Å². The molecule has 5 nitrogen and oxygen atoms in total. The Hall–Kier alpha value is -2.92. The molecule has 0 unspecified atom stereocenters. The lowest BCUT2D eigenvalue weighted by Gasteiger charge is -2.06. The number of aryl methyl sites for hydroxylation is 2. The lowest BCUT2D eigenvalue weighted by atomic mass is 10.0. The van der Waals surface area contributed by atoms with Crippen LogP contribution in [0.2, 0.25) is 0 Å². The highest BCUT2D eigenvalue weighted by Gasteiger charge is 2.18. The minimum atomic E-state index is -0.115. The highest BCUT2D eigenvalue weighted by atomic mass is 16.1. The number of carbonyl (C=O) groups excluding carboxylic acids is 1. The van der Waals surface area contributed by atoms with Gasteiger partial charge in [0, 0.05) is 18.3 Å². The Balaban J connectivity index is 1.95. The second kappa shape index (κ2) is 8.64. The van der Waals surface area contributed by atoms with E-state index in [4.69, 9.17) is 10.8 Å². The van der Waals surface area contributed by atoms with E-state index in [1.165, 1.54) is 11.1 Å². The van der Waals surface area contributed by atoms with Gasteiger partial charge in [-0.3, -0.25) is 9.48 Å². The van der Waals surface area contributed by atoms with Gasteiger partial charge in [0.05, 0.1) is 12.1 Å². The summed E-state index contributed by atoms with van der Waals surface area (Å²) in [7, 11) is 0. The van der Waals surface area contributed by atoms with Gasteiger partial charge in [-0.05, 0) is 49.6 Å². The van der Waals surface area contributed by atoms with E-state index in [1.54, 1.807) is 0 Å². The van der Waals surface area contributed by atoms with E-state index < -0.39 is 0 Å². The quantitative estimate of drug-likeness (QED) is 0.634. The normalized spacial score (nSPS) is 10.8. The second-order valence-electron chi connectivity index (χ2n) is 6.77. The van der Waals surface area contributed by atoms with Crippen molar-refractivity contribution in [2.24, 2.45) is 5.73 Å². The van der Waals surface area contributed by atoms with Crippen molar-refractivity contribution in [2.45, 2.75) is 26.8 Å². The molecule has 3 rings (SSSR count). The zero-order valence-electron chi connectivity index (χ0n) is 15.9.